The average Bonchev–Trinajstić information content (AvgIpc) is 3.26. The Morgan fingerprint density at radius 1 is 0.867 bits per heavy atom. The minimum atomic E-state index is -0.248. The van der Waals surface area contributed by atoms with E-state index in [0.29, 0.717) is 23.4 Å². The molecule has 0 radical (unpaired) electrons. The Morgan fingerprint density at radius 3 is 2.13 bits per heavy atom. The highest BCUT2D eigenvalue weighted by molar-refractivity contribution is 6.43. The van der Waals surface area contributed by atoms with Crippen molar-refractivity contribution in [2.75, 3.05) is 17.4 Å². The summed E-state index contributed by atoms with van der Waals surface area (Å²) in [5.74, 6) is -0.417. The maximum Gasteiger partial charge on any atom is 0.271 e. The molecular weight excluding hydrogens is 376 g/mol. The average molecular weight is 398 g/mol. The first-order chi connectivity index (χ1) is 14.7. The lowest BCUT2D eigenvalue weighted by molar-refractivity contribution is -0.110. The number of hydrogen-bond acceptors (Lipinski definition) is 4. The van der Waals surface area contributed by atoms with Crippen LogP contribution in [0.2, 0.25) is 0 Å². The molecular formula is C24H22N4O2. The third-order valence-electron chi connectivity index (χ3n) is 5.01. The second-order valence-corrected chi connectivity index (χ2v) is 6.97. The Morgan fingerprint density at radius 2 is 1.50 bits per heavy atom. The Bertz CT molecular complexity index is 1060. The van der Waals surface area contributed by atoms with Gasteiger partial charge in [0.1, 0.15) is 5.71 Å². The molecule has 0 aliphatic carbocycles. The van der Waals surface area contributed by atoms with Crippen LogP contribution in [0, 0.1) is 0 Å². The Labute approximate surface area is 175 Å². The molecule has 6 nitrogen and oxygen atoms in total. The molecule has 0 fully saturated rings. The molecule has 6 heteroatoms. The number of hydrogen-bond donors (Lipinski definition) is 2. The SMILES string of the molecule is CNC(=O)c1ccc(NC(=O)C2=NN(c3ccccc3)[C@@H](c3ccccc3)C2)cc1. The molecule has 0 saturated carbocycles. The molecule has 1 aliphatic heterocycles. The zero-order valence-electron chi connectivity index (χ0n) is 16.6. The van der Waals surface area contributed by atoms with Crippen LogP contribution >= 0.6 is 0 Å². The molecule has 30 heavy (non-hydrogen) atoms. The molecule has 1 atom stereocenters. The number of carbonyl (C=O) groups excluding carboxylic acids is 2. The summed E-state index contributed by atoms with van der Waals surface area (Å²) in [6.07, 6.45) is 0.501. The smallest absolute Gasteiger partial charge is 0.271 e. The van der Waals surface area contributed by atoms with Gasteiger partial charge in [-0.1, -0.05) is 48.5 Å². The van der Waals surface area contributed by atoms with Gasteiger partial charge in [-0.05, 0) is 42.0 Å². The van der Waals surface area contributed by atoms with Crippen molar-refractivity contribution < 1.29 is 9.59 Å². The van der Waals surface area contributed by atoms with Crippen molar-refractivity contribution in [1.82, 2.24) is 5.32 Å². The van der Waals surface area contributed by atoms with Crippen molar-refractivity contribution in [2.45, 2.75) is 12.5 Å². The Hall–Kier alpha value is -3.93. The highest BCUT2D eigenvalue weighted by Gasteiger charge is 2.32. The van der Waals surface area contributed by atoms with Crippen molar-refractivity contribution in [1.29, 1.82) is 0 Å². The summed E-state index contributed by atoms with van der Waals surface area (Å²) in [5.41, 5.74) is 3.65. The Kier molecular flexibility index (Phi) is 5.57. The summed E-state index contributed by atoms with van der Waals surface area (Å²) in [6, 6.07) is 26.6. The molecule has 3 aromatic rings. The molecule has 1 heterocycles. The van der Waals surface area contributed by atoms with E-state index in [-0.39, 0.29) is 17.9 Å². The van der Waals surface area contributed by atoms with Gasteiger partial charge in [-0.25, -0.2) is 0 Å². The number of anilines is 2. The quantitative estimate of drug-likeness (QED) is 0.682. The molecule has 3 aromatic carbocycles. The van der Waals surface area contributed by atoms with E-state index in [1.54, 1.807) is 31.3 Å². The number of rotatable bonds is 5. The molecule has 0 bridgehead atoms. The van der Waals surface area contributed by atoms with Crippen LogP contribution in [0.25, 0.3) is 0 Å². The summed E-state index contributed by atoms with van der Waals surface area (Å²) in [7, 11) is 1.58. The van der Waals surface area contributed by atoms with Gasteiger partial charge < -0.3 is 10.6 Å². The van der Waals surface area contributed by atoms with Crippen molar-refractivity contribution >= 4 is 28.9 Å². The minimum absolute atomic E-state index is 0.0509. The van der Waals surface area contributed by atoms with Gasteiger partial charge in [0.2, 0.25) is 0 Å². The first-order valence-electron chi connectivity index (χ1n) is 9.76. The summed E-state index contributed by atoms with van der Waals surface area (Å²) in [6.45, 7) is 0. The number of para-hydroxylation sites is 1. The fourth-order valence-electron chi connectivity index (χ4n) is 3.45. The summed E-state index contributed by atoms with van der Waals surface area (Å²) < 4.78 is 0. The molecule has 0 spiro atoms. The van der Waals surface area contributed by atoms with Crippen LogP contribution in [0.15, 0.2) is 90.0 Å². The van der Waals surface area contributed by atoms with Crippen LogP contribution in [0.5, 0.6) is 0 Å². The van der Waals surface area contributed by atoms with Gasteiger partial charge in [0.15, 0.2) is 0 Å². The van der Waals surface area contributed by atoms with E-state index in [1.165, 1.54) is 0 Å². The number of nitrogens with zero attached hydrogens (tertiary/aromatic N) is 2. The van der Waals surface area contributed by atoms with E-state index in [0.717, 1.165) is 11.3 Å². The second kappa shape index (κ2) is 8.61. The first-order valence-corrected chi connectivity index (χ1v) is 9.76. The van der Waals surface area contributed by atoms with Crippen LogP contribution in [0.4, 0.5) is 11.4 Å². The maximum atomic E-state index is 12.9. The van der Waals surface area contributed by atoms with E-state index < -0.39 is 0 Å². The normalized spacial score (nSPS) is 15.4. The van der Waals surface area contributed by atoms with E-state index in [4.69, 9.17) is 0 Å². The van der Waals surface area contributed by atoms with Gasteiger partial charge >= 0.3 is 0 Å². The van der Waals surface area contributed by atoms with Crippen LogP contribution in [-0.2, 0) is 4.79 Å². The van der Waals surface area contributed by atoms with Crippen LogP contribution < -0.4 is 15.6 Å². The van der Waals surface area contributed by atoms with Crippen molar-refractivity contribution in [3.8, 4) is 0 Å². The topological polar surface area (TPSA) is 73.8 Å². The lowest BCUT2D eigenvalue weighted by atomic mass is 10.0. The number of amides is 2. The van der Waals surface area contributed by atoms with E-state index in [9.17, 15) is 9.59 Å². The second-order valence-electron chi connectivity index (χ2n) is 6.97. The van der Waals surface area contributed by atoms with Crippen molar-refractivity contribution in [3.63, 3.8) is 0 Å². The molecule has 4 rings (SSSR count). The van der Waals surface area contributed by atoms with Crippen LogP contribution in [-0.4, -0.2) is 24.6 Å². The van der Waals surface area contributed by atoms with Gasteiger partial charge in [0.05, 0.1) is 11.7 Å². The molecule has 0 aromatic heterocycles. The molecule has 2 N–H and O–H groups in total. The zero-order chi connectivity index (χ0) is 20.9. The monoisotopic (exact) mass is 398 g/mol. The Balaban J connectivity index is 1.56. The van der Waals surface area contributed by atoms with E-state index >= 15 is 0 Å². The number of hydrazone groups is 1. The highest BCUT2D eigenvalue weighted by Crippen LogP contribution is 2.35. The molecule has 2 amide bonds. The van der Waals surface area contributed by atoms with Gasteiger partial charge in [-0.15, -0.1) is 0 Å². The zero-order valence-corrected chi connectivity index (χ0v) is 16.6. The van der Waals surface area contributed by atoms with E-state index in [1.807, 2.05) is 53.5 Å². The fourth-order valence-corrected chi connectivity index (χ4v) is 3.45. The number of carbonyl (C=O) groups is 2. The molecule has 0 unspecified atom stereocenters. The summed E-state index contributed by atoms with van der Waals surface area (Å²) in [4.78, 5) is 24.6. The molecule has 0 saturated heterocycles. The predicted octanol–water partition coefficient (Wildman–Crippen LogP) is 3.99. The standard InChI is InChI=1S/C24H22N4O2/c1-25-23(29)18-12-14-19(15-13-18)26-24(30)21-16-22(17-8-4-2-5-9-17)28(27-21)20-10-6-3-7-11-20/h2-15,22H,16H2,1H3,(H,25,29)(H,26,30)/t22-/m1/s1. The first kappa shape index (κ1) is 19.4. The third-order valence-corrected chi connectivity index (χ3v) is 5.01. The lowest BCUT2D eigenvalue weighted by Gasteiger charge is -2.23. The molecule has 150 valence electrons. The van der Waals surface area contributed by atoms with Gasteiger partial charge in [0.25, 0.3) is 11.8 Å². The lowest BCUT2D eigenvalue weighted by Crippen LogP contribution is -2.22. The summed E-state index contributed by atoms with van der Waals surface area (Å²) in [5, 5.41) is 12.0. The number of nitrogens with one attached hydrogen (secondary N) is 2. The van der Waals surface area contributed by atoms with Crippen molar-refractivity contribution in [3.05, 3.63) is 96.1 Å². The van der Waals surface area contributed by atoms with Crippen LogP contribution in [0.1, 0.15) is 28.4 Å². The highest BCUT2D eigenvalue weighted by atomic mass is 16.2. The number of benzene rings is 3. The van der Waals surface area contributed by atoms with Gasteiger partial charge in [-0.3, -0.25) is 14.6 Å². The maximum absolute atomic E-state index is 12.9. The third kappa shape index (κ3) is 4.07. The van der Waals surface area contributed by atoms with E-state index in [2.05, 4.69) is 27.9 Å². The van der Waals surface area contributed by atoms with Gasteiger partial charge in [-0.2, -0.15) is 5.10 Å². The summed E-state index contributed by atoms with van der Waals surface area (Å²) >= 11 is 0. The largest absolute Gasteiger partial charge is 0.355 e. The van der Waals surface area contributed by atoms with Gasteiger partial charge in [0, 0.05) is 24.7 Å². The van der Waals surface area contributed by atoms with Crippen LogP contribution in [0.3, 0.4) is 0 Å². The minimum Gasteiger partial charge on any atom is -0.355 e. The predicted molar refractivity (Wildman–Crippen MR) is 119 cm³/mol. The molecule has 1 aliphatic rings. The van der Waals surface area contributed by atoms with Crippen molar-refractivity contribution in [2.24, 2.45) is 5.10 Å². The fraction of sp³-hybridized carbons (Fsp3) is 0.125.